The Hall–Kier alpha value is -2.76. The molecule has 0 spiro atoms. The maximum atomic E-state index is 11.0. The van der Waals surface area contributed by atoms with Crippen LogP contribution in [-0.2, 0) is 0 Å². The van der Waals surface area contributed by atoms with Crippen molar-refractivity contribution in [1.82, 2.24) is 0 Å². The third-order valence-electron chi connectivity index (χ3n) is 2.37. The summed E-state index contributed by atoms with van der Waals surface area (Å²) in [6.07, 6.45) is 3.15. The Morgan fingerprint density at radius 1 is 1.40 bits per heavy atom. The van der Waals surface area contributed by atoms with Gasteiger partial charge >= 0.3 is 5.97 Å². The molecular weight excluding hydrogens is 260 g/mol. The molecular formula is C14H14N2O4. The number of hydrogen-bond donors (Lipinski definition) is 1. The molecule has 104 valence electrons. The average molecular weight is 274 g/mol. The fourth-order valence-electron chi connectivity index (χ4n) is 1.48. The minimum absolute atomic E-state index is 0.154. The zero-order valence-electron chi connectivity index (χ0n) is 11.2. The van der Waals surface area contributed by atoms with E-state index in [1.54, 1.807) is 19.9 Å². The van der Waals surface area contributed by atoms with Gasteiger partial charge in [0.1, 0.15) is 0 Å². The summed E-state index contributed by atoms with van der Waals surface area (Å²) in [4.78, 5) is 25.4. The van der Waals surface area contributed by atoms with Gasteiger partial charge in [0, 0.05) is 23.9 Å². The molecule has 0 fully saturated rings. The second kappa shape index (κ2) is 6.42. The molecule has 0 atom stereocenters. The van der Waals surface area contributed by atoms with Crippen LogP contribution in [0.5, 0.6) is 0 Å². The topological polar surface area (TPSA) is 92.8 Å². The summed E-state index contributed by atoms with van der Waals surface area (Å²) in [7, 11) is 0. The molecule has 0 aromatic heterocycles. The molecule has 0 heterocycles. The van der Waals surface area contributed by atoms with E-state index >= 15 is 0 Å². The number of rotatable bonds is 5. The fraction of sp³-hybridized carbons (Fsp3) is 0.143. The van der Waals surface area contributed by atoms with Gasteiger partial charge in [-0.25, -0.2) is 4.79 Å². The van der Waals surface area contributed by atoms with Gasteiger partial charge in [0.05, 0.1) is 16.2 Å². The lowest BCUT2D eigenvalue weighted by atomic mass is 10.1. The Labute approximate surface area is 115 Å². The number of nitrogens with zero attached hydrogens (tertiary/aromatic N) is 2. The largest absolute Gasteiger partial charge is 0.478 e. The summed E-state index contributed by atoms with van der Waals surface area (Å²) in [5.41, 5.74) is 1.09. The number of benzene rings is 1. The summed E-state index contributed by atoms with van der Waals surface area (Å²) < 4.78 is 0. The van der Waals surface area contributed by atoms with Crippen molar-refractivity contribution in [3.05, 3.63) is 57.7 Å². The number of carbonyl (C=O) groups is 1. The predicted molar refractivity (Wildman–Crippen MR) is 77.0 cm³/mol. The molecule has 1 aromatic rings. The number of carboxylic acid groups (broad SMARTS) is 1. The van der Waals surface area contributed by atoms with Gasteiger partial charge in [0.15, 0.2) is 0 Å². The number of aromatic carboxylic acids is 1. The number of allylic oxidation sites excluding steroid dienone is 2. The SMILES string of the molecule is C=C(C)/C=N\C(=C/C)c1cc(C(=O)O)cc([N+](=O)[O-])c1. The summed E-state index contributed by atoms with van der Waals surface area (Å²) in [5, 5.41) is 19.8. The number of carboxylic acids is 1. The van der Waals surface area contributed by atoms with E-state index in [2.05, 4.69) is 11.6 Å². The molecule has 0 radical (unpaired) electrons. The van der Waals surface area contributed by atoms with Gasteiger partial charge in [-0.1, -0.05) is 12.7 Å². The van der Waals surface area contributed by atoms with Crippen molar-refractivity contribution in [3.8, 4) is 0 Å². The molecule has 0 saturated heterocycles. The van der Waals surface area contributed by atoms with Crippen molar-refractivity contribution < 1.29 is 14.8 Å². The monoisotopic (exact) mass is 274 g/mol. The van der Waals surface area contributed by atoms with Gasteiger partial charge in [0.25, 0.3) is 5.69 Å². The molecule has 0 bridgehead atoms. The van der Waals surface area contributed by atoms with Crippen LogP contribution in [0.3, 0.4) is 0 Å². The molecule has 6 nitrogen and oxygen atoms in total. The lowest BCUT2D eigenvalue weighted by molar-refractivity contribution is -0.384. The van der Waals surface area contributed by atoms with E-state index in [-0.39, 0.29) is 11.3 Å². The molecule has 6 heteroatoms. The van der Waals surface area contributed by atoms with Crippen LogP contribution in [0.25, 0.3) is 5.70 Å². The smallest absolute Gasteiger partial charge is 0.335 e. The van der Waals surface area contributed by atoms with Gasteiger partial charge in [-0.05, 0) is 25.5 Å². The Balaban J connectivity index is 3.39. The first-order valence-corrected chi connectivity index (χ1v) is 5.74. The van der Waals surface area contributed by atoms with E-state index in [0.717, 1.165) is 6.07 Å². The van der Waals surface area contributed by atoms with Crippen molar-refractivity contribution in [2.24, 2.45) is 4.99 Å². The first kappa shape index (κ1) is 15.3. The third-order valence-corrected chi connectivity index (χ3v) is 2.37. The van der Waals surface area contributed by atoms with Crippen molar-refractivity contribution in [2.45, 2.75) is 13.8 Å². The van der Waals surface area contributed by atoms with E-state index in [4.69, 9.17) is 5.11 Å². The lowest BCUT2D eigenvalue weighted by Crippen LogP contribution is -2.00. The minimum atomic E-state index is -1.23. The lowest BCUT2D eigenvalue weighted by Gasteiger charge is -2.04. The van der Waals surface area contributed by atoms with Crippen LogP contribution in [0.4, 0.5) is 5.69 Å². The molecule has 0 unspecified atom stereocenters. The second-order valence-corrected chi connectivity index (χ2v) is 4.11. The Bertz CT molecular complexity index is 598. The summed E-state index contributed by atoms with van der Waals surface area (Å²) >= 11 is 0. The van der Waals surface area contributed by atoms with E-state index in [1.165, 1.54) is 18.3 Å². The molecule has 1 rings (SSSR count). The molecule has 0 aliphatic heterocycles. The van der Waals surface area contributed by atoms with E-state index in [0.29, 0.717) is 16.8 Å². The number of aliphatic imine (C=N–C) groups is 1. The van der Waals surface area contributed by atoms with Crippen molar-refractivity contribution in [2.75, 3.05) is 0 Å². The number of nitro benzene ring substituents is 1. The number of nitro groups is 1. The number of non-ortho nitro benzene ring substituents is 1. The standard InChI is InChI=1S/C14H14N2O4/c1-4-13(15-8-9(2)3)10-5-11(14(17)18)7-12(6-10)16(19)20/h4-8H,2H2,1,3H3,(H,17,18)/b13-4-,15-8-. The van der Waals surface area contributed by atoms with Gasteiger partial charge in [-0.3, -0.25) is 15.1 Å². The van der Waals surface area contributed by atoms with Crippen LogP contribution in [0.1, 0.15) is 29.8 Å². The zero-order valence-corrected chi connectivity index (χ0v) is 11.2. The van der Waals surface area contributed by atoms with Gasteiger partial charge < -0.3 is 5.11 Å². The van der Waals surface area contributed by atoms with Crippen molar-refractivity contribution in [1.29, 1.82) is 0 Å². The zero-order chi connectivity index (χ0) is 15.3. The molecule has 0 aliphatic rings. The number of hydrogen-bond acceptors (Lipinski definition) is 4. The van der Waals surface area contributed by atoms with Crippen LogP contribution in [0.15, 0.2) is 41.4 Å². The van der Waals surface area contributed by atoms with E-state index < -0.39 is 10.9 Å². The van der Waals surface area contributed by atoms with Gasteiger partial charge in [0.2, 0.25) is 0 Å². The van der Waals surface area contributed by atoms with Crippen LogP contribution in [0, 0.1) is 10.1 Å². The molecule has 0 saturated carbocycles. The highest BCUT2D eigenvalue weighted by Crippen LogP contribution is 2.24. The van der Waals surface area contributed by atoms with E-state index in [9.17, 15) is 14.9 Å². The highest BCUT2D eigenvalue weighted by Gasteiger charge is 2.15. The van der Waals surface area contributed by atoms with Crippen molar-refractivity contribution in [3.63, 3.8) is 0 Å². The Morgan fingerprint density at radius 3 is 2.45 bits per heavy atom. The molecule has 0 amide bonds. The quantitative estimate of drug-likeness (QED) is 0.506. The maximum absolute atomic E-state index is 11.0. The van der Waals surface area contributed by atoms with Crippen LogP contribution >= 0.6 is 0 Å². The first-order valence-electron chi connectivity index (χ1n) is 5.74. The highest BCUT2D eigenvalue weighted by atomic mass is 16.6. The normalized spacial score (nSPS) is 11.6. The third kappa shape index (κ3) is 3.88. The Kier molecular flexibility index (Phi) is 4.91. The predicted octanol–water partition coefficient (Wildman–Crippen LogP) is 3.30. The summed E-state index contributed by atoms with van der Waals surface area (Å²) in [6, 6.07) is 3.65. The van der Waals surface area contributed by atoms with Crippen molar-refractivity contribution >= 4 is 23.6 Å². The highest BCUT2D eigenvalue weighted by molar-refractivity contribution is 5.91. The van der Waals surface area contributed by atoms with Crippen LogP contribution in [-0.4, -0.2) is 22.2 Å². The molecule has 1 N–H and O–H groups in total. The Morgan fingerprint density at radius 2 is 2.00 bits per heavy atom. The first-order chi connectivity index (χ1) is 9.35. The molecule has 1 aromatic carbocycles. The van der Waals surface area contributed by atoms with Crippen LogP contribution < -0.4 is 0 Å². The fourth-order valence-corrected chi connectivity index (χ4v) is 1.48. The molecule has 20 heavy (non-hydrogen) atoms. The van der Waals surface area contributed by atoms with E-state index in [1.807, 2.05) is 0 Å². The summed E-state index contributed by atoms with van der Waals surface area (Å²) in [5.74, 6) is -1.23. The van der Waals surface area contributed by atoms with Gasteiger partial charge in [-0.15, -0.1) is 0 Å². The molecule has 0 aliphatic carbocycles. The maximum Gasteiger partial charge on any atom is 0.335 e. The summed E-state index contributed by atoms with van der Waals surface area (Å²) in [6.45, 7) is 7.14. The minimum Gasteiger partial charge on any atom is -0.478 e. The van der Waals surface area contributed by atoms with Gasteiger partial charge in [-0.2, -0.15) is 0 Å². The average Bonchev–Trinajstić information content (AvgIpc) is 2.38. The second-order valence-electron chi connectivity index (χ2n) is 4.11. The van der Waals surface area contributed by atoms with Crippen LogP contribution in [0.2, 0.25) is 0 Å².